The molecule has 0 unspecified atom stereocenters. The van der Waals surface area contributed by atoms with Crippen LogP contribution in [0.15, 0.2) is 23.2 Å². The van der Waals surface area contributed by atoms with Gasteiger partial charge in [-0.3, -0.25) is 9.79 Å². The molecule has 0 spiro atoms. The van der Waals surface area contributed by atoms with E-state index >= 15 is 0 Å². The minimum absolute atomic E-state index is 0. The van der Waals surface area contributed by atoms with Crippen LogP contribution >= 0.6 is 12.4 Å². The molecule has 0 atom stereocenters. The number of carbonyl (C=O) groups is 1. The lowest BCUT2D eigenvalue weighted by Crippen LogP contribution is -2.26. The molecule has 116 valence electrons. The Morgan fingerprint density at radius 3 is 2.62 bits per heavy atom. The minimum Gasteiger partial charge on any atom is -0.426 e. The van der Waals surface area contributed by atoms with Gasteiger partial charge in [-0.05, 0) is 46.2 Å². The van der Waals surface area contributed by atoms with E-state index in [2.05, 4.69) is 10.3 Å². The number of anilines is 1. The summed E-state index contributed by atoms with van der Waals surface area (Å²) in [7, 11) is 0. The molecule has 1 aliphatic heterocycles. The number of hydrogen-bond donors (Lipinski definition) is 1. The third-order valence-corrected chi connectivity index (χ3v) is 3.25. The van der Waals surface area contributed by atoms with E-state index in [0.29, 0.717) is 5.75 Å². The Labute approximate surface area is 132 Å². The van der Waals surface area contributed by atoms with Crippen LogP contribution in [0.25, 0.3) is 0 Å². The number of halogens is 1. The van der Waals surface area contributed by atoms with Gasteiger partial charge in [0.25, 0.3) is 0 Å². The Hall–Kier alpha value is -1.55. The van der Waals surface area contributed by atoms with Crippen molar-refractivity contribution in [1.82, 2.24) is 0 Å². The fraction of sp³-hybridized carbons (Fsp3) is 0.500. The zero-order valence-electron chi connectivity index (χ0n) is 13.0. The van der Waals surface area contributed by atoms with Crippen molar-refractivity contribution in [3.63, 3.8) is 0 Å². The highest BCUT2D eigenvalue weighted by atomic mass is 35.5. The van der Waals surface area contributed by atoms with Crippen molar-refractivity contribution in [3.05, 3.63) is 23.8 Å². The average molecular weight is 311 g/mol. The number of nitrogens with one attached hydrogen (secondary N) is 1. The van der Waals surface area contributed by atoms with Crippen LogP contribution in [0.4, 0.5) is 5.69 Å². The summed E-state index contributed by atoms with van der Waals surface area (Å²) in [5.41, 5.74) is 1.37. The second kappa shape index (κ2) is 6.94. The molecule has 0 aliphatic carbocycles. The normalized spacial score (nSPS) is 14.2. The van der Waals surface area contributed by atoms with Gasteiger partial charge in [0.05, 0.1) is 5.41 Å². The van der Waals surface area contributed by atoms with Crippen molar-refractivity contribution < 1.29 is 9.53 Å². The predicted molar refractivity (Wildman–Crippen MR) is 88.7 cm³/mol. The maximum atomic E-state index is 12.0. The number of carbonyl (C=O) groups excluding carboxylic acids is 1. The Morgan fingerprint density at radius 1 is 1.33 bits per heavy atom. The Morgan fingerprint density at radius 2 is 2.05 bits per heavy atom. The molecule has 1 heterocycles. The highest BCUT2D eigenvalue weighted by molar-refractivity contribution is 5.97. The van der Waals surface area contributed by atoms with Gasteiger partial charge in [-0.2, -0.15) is 0 Å². The van der Waals surface area contributed by atoms with Gasteiger partial charge >= 0.3 is 5.97 Å². The fourth-order valence-corrected chi connectivity index (χ4v) is 1.91. The van der Waals surface area contributed by atoms with Gasteiger partial charge in [0.15, 0.2) is 0 Å². The van der Waals surface area contributed by atoms with Gasteiger partial charge < -0.3 is 10.1 Å². The lowest BCUT2D eigenvalue weighted by Gasteiger charge is -2.18. The minimum atomic E-state index is -0.509. The van der Waals surface area contributed by atoms with Crippen LogP contribution in [0.3, 0.4) is 0 Å². The molecule has 1 aliphatic rings. The van der Waals surface area contributed by atoms with Crippen molar-refractivity contribution >= 4 is 29.9 Å². The van der Waals surface area contributed by atoms with Crippen LogP contribution in [0.2, 0.25) is 0 Å². The summed E-state index contributed by atoms with van der Waals surface area (Å²) in [5.74, 6) is 1.39. The molecule has 4 nitrogen and oxygen atoms in total. The molecule has 1 N–H and O–H groups in total. The highest BCUT2D eigenvalue weighted by Gasteiger charge is 2.24. The van der Waals surface area contributed by atoms with Crippen LogP contribution in [-0.2, 0) is 4.79 Å². The molecular weight excluding hydrogens is 288 g/mol. The first-order chi connectivity index (χ1) is 9.38. The third-order valence-electron chi connectivity index (χ3n) is 3.25. The third kappa shape index (κ3) is 4.46. The van der Waals surface area contributed by atoms with Crippen molar-refractivity contribution in [2.45, 2.75) is 40.5 Å². The van der Waals surface area contributed by atoms with Gasteiger partial charge in [-0.1, -0.05) is 6.07 Å². The number of ether oxygens (including phenoxy) is 1. The Bertz CT molecular complexity index is 548. The lowest BCUT2D eigenvalue weighted by atomic mass is 9.97. The summed E-state index contributed by atoms with van der Waals surface area (Å²) in [4.78, 5) is 16.4. The first-order valence-electron chi connectivity index (χ1n) is 7.00. The summed E-state index contributed by atoms with van der Waals surface area (Å²) in [5, 5.41) is 3.32. The summed E-state index contributed by atoms with van der Waals surface area (Å²) in [6, 6.07) is 5.68. The first kappa shape index (κ1) is 17.5. The average Bonchev–Trinajstić information content (AvgIpc) is 2.86. The number of rotatable bonds is 2. The molecule has 5 heteroatoms. The number of aliphatic imine (C=N–C) groups is 1. The van der Waals surface area contributed by atoms with Crippen molar-refractivity contribution in [2.75, 3.05) is 11.9 Å². The van der Waals surface area contributed by atoms with Crippen LogP contribution in [-0.4, -0.2) is 18.3 Å². The molecule has 0 saturated heterocycles. The highest BCUT2D eigenvalue weighted by Crippen LogP contribution is 2.28. The summed E-state index contributed by atoms with van der Waals surface area (Å²) in [6.45, 7) is 8.38. The van der Waals surface area contributed by atoms with Gasteiger partial charge in [0, 0.05) is 24.2 Å². The Kier molecular flexibility index (Phi) is 5.78. The summed E-state index contributed by atoms with van der Waals surface area (Å²) >= 11 is 0. The van der Waals surface area contributed by atoms with E-state index in [4.69, 9.17) is 4.74 Å². The molecule has 2 rings (SSSR count). The van der Waals surface area contributed by atoms with Crippen LogP contribution in [0.1, 0.15) is 39.2 Å². The van der Waals surface area contributed by atoms with Gasteiger partial charge in [0.1, 0.15) is 11.6 Å². The molecule has 21 heavy (non-hydrogen) atoms. The molecule has 0 bridgehead atoms. The van der Waals surface area contributed by atoms with Crippen molar-refractivity contribution in [2.24, 2.45) is 10.4 Å². The van der Waals surface area contributed by atoms with Gasteiger partial charge in [-0.25, -0.2) is 0 Å². The van der Waals surface area contributed by atoms with E-state index in [-0.39, 0.29) is 18.4 Å². The quantitative estimate of drug-likeness (QED) is 0.664. The molecule has 1 aromatic carbocycles. The van der Waals surface area contributed by atoms with Gasteiger partial charge in [-0.15, -0.1) is 12.4 Å². The maximum Gasteiger partial charge on any atom is 0.316 e. The molecule has 1 aromatic rings. The summed E-state index contributed by atoms with van der Waals surface area (Å²) < 4.78 is 5.50. The predicted octanol–water partition coefficient (Wildman–Crippen LogP) is 3.97. The molecule has 0 saturated carbocycles. The second-order valence-electron chi connectivity index (χ2n) is 6.13. The molecule has 0 radical (unpaired) electrons. The molecule has 0 aromatic heterocycles. The number of hydrogen-bond acceptors (Lipinski definition) is 4. The molecular formula is C16H23ClN2O2. The topological polar surface area (TPSA) is 50.7 Å². The van der Waals surface area contributed by atoms with Crippen LogP contribution in [0, 0.1) is 12.3 Å². The van der Waals surface area contributed by atoms with E-state index in [9.17, 15) is 4.79 Å². The number of amidine groups is 1. The number of benzene rings is 1. The lowest BCUT2D eigenvalue weighted by molar-refractivity contribution is -0.143. The number of esters is 1. The number of nitrogens with zero attached hydrogens (tertiary/aromatic N) is 1. The fourth-order valence-electron chi connectivity index (χ4n) is 1.91. The zero-order valence-corrected chi connectivity index (χ0v) is 13.8. The largest absolute Gasteiger partial charge is 0.426 e. The maximum absolute atomic E-state index is 12.0. The monoisotopic (exact) mass is 310 g/mol. The van der Waals surface area contributed by atoms with Crippen LogP contribution in [0.5, 0.6) is 5.75 Å². The van der Waals surface area contributed by atoms with E-state index in [1.54, 1.807) is 0 Å². The SMILES string of the molecule is Cc1c(NC2=NCCC2)cccc1OC(=O)C(C)(C)C.Cl. The van der Waals surface area contributed by atoms with E-state index < -0.39 is 5.41 Å². The molecule has 0 amide bonds. The van der Waals surface area contributed by atoms with Crippen molar-refractivity contribution in [3.8, 4) is 5.75 Å². The smallest absolute Gasteiger partial charge is 0.316 e. The van der Waals surface area contributed by atoms with E-state index in [1.807, 2.05) is 45.9 Å². The van der Waals surface area contributed by atoms with E-state index in [0.717, 1.165) is 36.5 Å². The van der Waals surface area contributed by atoms with E-state index in [1.165, 1.54) is 0 Å². The second-order valence-corrected chi connectivity index (χ2v) is 6.13. The van der Waals surface area contributed by atoms with Crippen molar-refractivity contribution in [1.29, 1.82) is 0 Å². The Balaban J connectivity index is 0.00000220. The van der Waals surface area contributed by atoms with Crippen LogP contribution < -0.4 is 10.1 Å². The molecule has 0 fully saturated rings. The zero-order chi connectivity index (χ0) is 14.8. The standard InChI is InChI=1S/C16H22N2O2.ClH/c1-11-12(18-14-9-6-10-17-14)7-5-8-13(11)20-15(19)16(2,3)4;/h5,7-8H,6,9-10H2,1-4H3,(H,17,18);1H. The summed E-state index contributed by atoms with van der Waals surface area (Å²) in [6.07, 6.45) is 2.07. The first-order valence-corrected chi connectivity index (χ1v) is 7.00. The van der Waals surface area contributed by atoms with Gasteiger partial charge in [0.2, 0.25) is 0 Å².